The Kier molecular flexibility index (Phi) is 5.31. The van der Waals surface area contributed by atoms with Gasteiger partial charge < -0.3 is 10.0 Å². The predicted molar refractivity (Wildman–Crippen MR) is 98.1 cm³/mol. The van der Waals surface area contributed by atoms with Crippen molar-refractivity contribution >= 4 is 33.3 Å². The average molecular weight is 395 g/mol. The molecule has 3 aromatic rings. The van der Waals surface area contributed by atoms with Crippen molar-refractivity contribution < 1.29 is 23.1 Å². The molecule has 4 rings (SSSR count). The van der Waals surface area contributed by atoms with Gasteiger partial charge in [-0.1, -0.05) is 29.8 Å². The van der Waals surface area contributed by atoms with Gasteiger partial charge >= 0.3 is 12.1 Å². The van der Waals surface area contributed by atoms with Crippen LogP contribution in [0.3, 0.4) is 0 Å². The van der Waals surface area contributed by atoms with E-state index in [9.17, 15) is 13.2 Å². The number of alkyl halides is 3. The molecule has 5 nitrogen and oxygen atoms in total. The van der Waals surface area contributed by atoms with Crippen molar-refractivity contribution in [3.05, 3.63) is 41.5 Å². The Hall–Kier alpha value is -2.68. The van der Waals surface area contributed by atoms with E-state index in [1.54, 1.807) is 17.7 Å². The number of rotatable bonds is 2. The third kappa shape index (κ3) is 4.19. The molecule has 0 unspecified atom stereocenters. The maximum absolute atomic E-state index is 10.6. The minimum absolute atomic E-state index is 1.08. The van der Waals surface area contributed by atoms with Gasteiger partial charge in [-0.05, 0) is 18.9 Å². The number of halogens is 3. The lowest BCUT2D eigenvalue weighted by atomic mass is 10.0. The predicted octanol–water partition coefficient (Wildman–Crippen LogP) is 4.51. The fourth-order valence-electron chi connectivity index (χ4n) is 2.57. The van der Waals surface area contributed by atoms with Gasteiger partial charge in [0.1, 0.15) is 17.0 Å². The molecular weight excluding hydrogens is 379 g/mol. The Bertz CT molecular complexity index is 951. The number of hydrogen-bond donors (Lipinski definition) is 1. The first-order valence-electron chi connectivity index (χ1n) is 8.11. The van der Waals surface area contributed by atoms with Crippen LogP contribution in [0.25, 0.3) is 21.3 Å². The van der Waals surface area contributed by atoms with Crippen molar-refractivity contribution in [1.82, 2.24) is 9.97 Å². The van der Waals surface area contributed by atoms with E-state index in [2.05, 4.69) is 51.4 Å². The summed E-state index contributed by atoms with van der Waals surface area (Å²) in [7, 11) is 0. The van der Waals surface area contributed by atoms with E-state index in [0.29, 0.717) is 0 Å². The van der Waals surface area contributed by atoms with E-state index < -0.39 is 12.1 Å². The fraction of sp³-hybridized carbons (Fsp3) is 0.278. The van der Waals surface area contributed by atoms with E-state index in [1.165, 1.54) is 28.5 Å². The third-order valence-electron chi connectivity index (χ3n) is 4.11. The van der Waals surface area contributed by atoms with Crippen LogP contribution in [0, 0.1) is 6.92 Å². The minimum atomic E-state index is -5.08. The highest BCUT2D eigenvalue weighted by molar-refractivity contribution is 7.17. The molecule has 1 saturated heterocycles. The van der Waals surface area contributed by atoms with Crippen LogP contribution in [0.15, 0.2) is 36.0 Å². The molecule has 1 aliphatic rings. The van der Waals surface area contributed by atoms with Gasteiger partial charge in [-0.3, -0.25) is 0 Å². The van der Waals surface area contributed by atoms with Gasteiger partial charge in [-0.25, -0.2) is 14.8 Å². The molecule has 1 fully saturated rings. The average Bonchev–Trinajstić information content (AvgIpc) is 2.99. The van der Waals surface area contributed by atoms with Gasteiger partial charge in [0, 0.05) is 24.0 Å². The van der Waals surface area contributed by atoms with E-state index in [0.717, 1.165) is 23.7 Å². The molecule has 9 heteroatoms. The first kappa shape index (κ1) is 19.1. The number of carboxylic acid groups (broad SMARTS) is 1. The second-order valence-corrected chi connectivity index (χ2v) is 6.89. The molecule has 0 atom stereocenters. The van der Waals surface area contributed by atoms with Crippen molar-refractivity contribution in [2.24, 2.45) is 0 Å². The Morgan fingerprint density at radius 1 is 1.19 bits per heavy atom. The summed E-state index contributed by atoms with van der Waals surface area (Å²) in [5.41, 5.74) is 3.79. The van der Waals surface area contributed by atoms with Crippen molar-refractivity contribution in [3.8, 4) is 11.1 Å². The molecule has 0 spiro atoms. The van der Waals surface area contributed by atoms with Gasteiger partial charge in [0.2, 0.25) is 0 Å². The summed E-state index contributed by atoms with van der Waals surface area (Å²) >= 11 is 1.70. The van der Waals surface area contributed by atoms with Crippen LogP contribution in [0.2, 0.25) is 0 Å². The zero-order valence-electron chi connectivity index (χ0n) is 14.3. The monoisotopic (exact) mass is 395 g/mol. The van der Waals surface area contributed by atoms with E-state index in [4.69, 9.17) is 9.90 Å². The number of fused-ring (bicyclic) bond motifs is 1. The molecule has 0 radical (unpaired) electrons. The number of carboxylic acids is 1. The summed E-state index contributed by atoms with van der Waals surface area (Å²) in [6.45, 7) is 4.33. The van der Waals surface area contributed by atoms with Gasteiger partial charge in [0.05, 0.1) is 5.39 Å². The third-order valence-corrected chi connectivity index (χ3v) is 5.00. The normalized spacial score (nSPS) is 13.7. The molecule has 27 heavy (non-hydrogen) atoms. The summed E-state index contributed by atoms with van der Waals surface area (Å²) < 4.78 is 31.7. The van der Waals surface area contributed by atoms with Crippen LogP contribution in [0.4, 0.5) is 19.0 Å². The topological polar surface area (TPSA) is 66.3 Å². The van der Waals surface area contributed by atoms with Crippen LogP contribution in [-0.4, -0.2) is 40.3 Å². The van der Waals surface area contributed by atoms with E-state index in [1.807, 2.05) is 0 Å². The summed E-state index contributed by atoms with van der Waals surface area (Å²) in [5.74, 6) is -1.66. The second-order valence-electron chi connectivity index (χ2n) is 6.04. The Morgan fingerprint density at radius 3 is 2.33 bits per heavy atom. The van der Waals surface area contributed by atoms with Gasteiger partial charge in [-0.15, -0.1) is 11.3 Å². The smallest absolute Gasteiger partial charge is 0.475 e. The summed E-state index contributed by atoms with van der Waals surface area (Å²) in [6.07, 6.45) is -2.14. The number of aliphatic carboxylic acids is 1. The molecule has 1 aromatic carbocycles. The van der Waals surface area contributed by atoms with Crippen molar-refractivity contribution in [2.75, 3.05) is 18.0 Å². The van der Waals surface area contributed by atoms with Gasteiger partial charge in [-0.2, -0.15) is 13.2 Å². The lowest BCUT2D eigenvalue weighted by molar-refractivity contribution is -0.192. The number of anilines is 1. The Labute approximate surface area is 157 Å². The SMILES string of the molecule is Cc1ccc(-c2csc3ncnc(N4CCC4)c23)cc1.O=C(O)C(F)(F)F. The number of benzene rings is 1. The molecule has 2 aromatic heterocycles. The molecule has 1 N–H and O–H groups in total. The summed E-state index contributed by atoms with van der Waals surface area (Å²) in [4.78, 5) is 21.3. The Morgan fingerprint density at radius 2 is 1.81 bits per heavy atom. The zero-order chi connectivity index (χ0) is 19.6. The molecular formula is C18H16F3N3O2S. The zero-order valence-corrected chi connectivity index (χ0v) is 15.1. The fourth-order valence-corrected chi connectivity index (χ4v) is 3.48. The van der Waals surface area contributed by atoms with Gasteiger partial charge in [0.15, 0.2) is 0 Å². The number of hydrogen-bond acceptors (Lipinski definition) is 5. The highest BCUT2D eigenvalue weighted by Crippen LogP contribution is 2.38. The number of thiophene rings is 1. The number of nitrogens with zero attached hydrogens (tertiary/aromatic N) is 3. The van der Waals surface area contributed by atoms with Crippen LogP contribution >= 0.6 is 11.3 Å². The number of aryl methyl sites for hydroxylation is 1. The van der Waals surface area contributed by atoms with E-state index >= 15 is 0 Å². The quantitative estimate of drug-likeness (QED) is 0.692. The minimum Gasteiger partial charge on any atom is -0.475 e. The van der Waals surface area contributed by atoms with Crippen LogP contribution in [0.5, 0.6) is 0 Å². The second kappa shape index (κ2) is 7.51. The maximum atomic E-state index is 10.6. The summed E-state index contributed by atoms with van der Waals surface area (Å²) in [5, 5.41) is 10.5. The van der Waals surface area contributed by atoms with Crippen molar-refractivity contribution in [2.45, 2.75) is 19.5 Å². The number of aromatic nitrogens is 2. The molecule has 0 aliphatic carbocycles. The molecule has 0 amide bonds. The highest BCUT2D eigenvalue weighted by atomic mass is 32.1. The van der Waals surface area contributed by atoms with Gasteiger partial charge in [0.25, 0.3) is 0 Å². The maximum Gasteiger partial charge on any atom is 0.490 e. The molecule has 0 bridgehead atoms. The molecule has 1 aliphatic heterocycles. The standard InChI is InChI=1S/C16H15N3S.C2HF3O2/c1-11-3-5-12(6-4-11)13-9-20-16-14(13)15(17-10-18-16)19-7-2-8-19;3-2(4,5)1(6)7/h3-6,9-10H,2,7-8H2,1H3;(H,6,7). The van der Waals surface area contributed by atoms with Crippen molar-refractivity contribution in [3.63, 3.8) is 0 Å². The first-order valence-corrected chi connectivity index (χ1v) is 8.99. The Balaban J connectivity index is 0.000000260. The molecule has 142 valence electrons. The van der Waals surface area contributed by atoms with E-state index in [-0.39, 0.29) is 0 Å². The lowest BCUT2D eigenvalue weighted by Crippen LogP contribution is -2.37. The van der Waals surface area contributed by atoms with Crippen molar-refractivity contribution in [1.29, 1.82) is 0 Å². The number of carbonyl (C=O) groups is 1. The van der Waals surface area contributed by atoms with Crippen LogP contribution < -0.4 is 4.90 Å². The summed E-state index contributed by atoms with van der Waals surface area (Å²) in [6, 6.07) is 8.69. The highest BCUT2D eigenvalue weighted by Gasteiger charge is 2.38. The largest absolute Gasteiger partial charge is 0.490 e. The molecule has 0 saturated carbocycles. The van der Waals surface area contributed by atoms with Crippen LogP contribution in [0.1, 0.15) is 12.0 Å². The van der Waals surface area contributed by atoms with Crippen LogP contribution in [-0.2, 0) is 4.79 Å². The first-order chi connectivity index (χ1) is 12.8. The molecule has 3 heterocycles. The lowest BCUT2D eigenvalue weighted by Gasteiger charge is -2.32.